The van der Waals surface area contributed by atoms with E-state index in [1.54, 1.807) is 7.05 Å². The molecule has 0 saturated carbocycles. The Labute approximate surface area is 174 Å². The lowest BCUT2D eigenvalue weighted by Gasteiger charge is -2.19. The molecule has 0 heterocycles. The lowest BCUT2D eigenvalue weighted by molar-refractivity contribution is 0.0527. The number of halogens is 1. The van der Waals surface area contributed by atoms with Crippen LogP contribution in [0.4, 0.5) is 4.79 Å². The number of alkyl carbamates (subject to hydrolysis) is 1. The Bertz CT molecular complexity index is 571. The molecule has 0 saturated heterocycles. The summed E-state index contributed by atoms with van der Waals surface area (Å²) in [6.07, 6.45) is 1.41. The molecule has 1 aromatic carbocycles. The predicted octanol–water partition coefficient (Wildman–Crippen LogP) is 3.45. The number of nitrogens with zero attached hydrogens (tertiary/aromatic N) is 1. The molecule has 0 bridgehead atoms. The fourth-order valence-electron chi connectivity index (χ4n) is 2.27. The number of rotatable bonds is 7. The summed E-state index contributed by atoms with van der Waals surface area (Å²) >= 11 is 0. The summed E-state index contributed by atoms with van der Waals surface area (Å²) in [4.78, 5) is 15.8. The van der Waals surface area contributed by atoms with Crippen LogP contribution in [0.3, 0.4) is 0 Å². The number of aliphatic imine (C=N–C) groups is 1. The maximum atomic E-state index is 11.5. The Morgan fingerprint density at radius 2 is 1.69 bits per heavy atom. The number of aryl methyl sites for hydroxylation is 1. The molecule has 0 fully saturated rings. The zero-order valence-corrected chi connectivity index (χ0v) is 18.8. The Morgan fingerprint density at radius 1 is 1.08 bits per heavy atom. The summed E-state index contributed by atoms with van der Waals surface area (Å²) in [5.74, 6) is 0.753. The van der Waals surface area contributed by atoms with Gasteiger partial charge >= 0.3 is 6.09 Å². The highest BCUT2D eigenvalue weighted by Gasteiger charge is 2.15. The first-order valence-corrected chi connectivity index (χ1v) is 8.84. The van der Waals surface area contributed by atoms with Crippen LogP contribution in [0.1, 0.15) is 45.2 Å². The molecule has 0 aromatic heterocycles. The molecule has 0 spiro atoms. The van der Waals surface area contributed by atoms with Crippen molar-refractivity contribution in [2.75, 3.05) is 20.1 Å². The molecular weight excluding hydrogens is 443 g/mol. The first-order valence-electron chi connectivity index (χ1n) is 8.84. The smallest absolute Gasteiger partial charge is 0.407 e. The highest BCUT2D eigenvalue weighted by Crippen LogP contribution is 2.08. The first kappa shape index (κ1) is 24.5. The van der Waals surface area contributed by atoms with Crippen molar-refractivity contribution in [3.8, 4) is 0 Å². The highest BCUT2D eigenvalue weighted by atomic mass is 127. The lowest BCUT2D eigenvalue weighted by Crippen LogP contribution is -2.39. The van der Waals surface area contributed by atoms with Gasteiger partial charge in [0, 0.05) is 26.7 Å². The standard InChI is InChI=1S/C19H32N4O2.HI/c1-6-15-10-7-8-11-16(15)14-23-17(20-5)21-12-9-13-22-18(24)25-19(2,3)4;/h7-8,10-11H,6,9,12-14H2,1-5H3,(H,22,24)(H2,20,21,23);1H. The third-order valence-electron chi connectivity index (χ3n) is 3.48. The number of nitrogens with one attached hydrogen (secondary N) is 3. The van der Waals surface area contributed by atoms with Gasteiger partial charge in [0.15, 0.2) is 5.96 Å². The van der Waals surface area contributed by atoms with E-state index >= 15 is 0 Å². The molecule has 0 unspecified atom stereocenters. The average molecular weight is 476 g/mol. The van der Waals surface area contributed by atoms with Gasteiger partial charge in [0.25, 0.3) is 0 Å². The minimum Gasteiger partial charge on any atom is -0.444 e. The fraction of sp³-hybridized carbons (Fsp3) is 0.579. The molecule has 7 heteroatoms. The monoisotopic (exact) mass is 476 g/mol. The molecule has 0 aliphatic carbocycles. The van der Waals surface area contributed by atoms with E-state index in [2.05, 4.69) is 52.1 Å². The zero-order chi connectivity index (χ0) is 18.7. The van der Waals surface area contributed by atoms with Crippen LogP contribution in [0.5, 0.6) is 0 Å². The number of hydrogen-bond donors (Lipinski definition) is 3. The van der Waals surface area contributed by atoms with E-state index in [1.165, 1.54) is 11.1 Å². The number of carbonyl (C=O) groups excluding carboxylic acids is 1. The summed E-state index contributed by atoms with van der Waals surface area (Å²) in [6.45, 7) is 9.70. The van der Waals surface area contributed by atoms with E-state index < -0.39 is 5.60 Å². The van der Waals surface area contributed by atoms with E-state index in [-0.39, 0.29) is 30.1 Å². The van der Waals surface area contributed by atoms with Crippen LogP contribution in [-0.2, 0) is 17.7 Å². The molecule has 1 amide bonds. The van der Waals surface area contributed by atoms with Crippen molar-refractivity contribution in [3.05, 3.63) is 35.4 Å². The molecular formula is C19H33IN4O2. The second kappa shape index (κ2) is 12.8. The van der Waals surface area contributed by atoms with Crippen molar-refractivity contribution in [1.29, 1.82) is 0 Å². The molecule has 1 aromatic rings. The van der Waals surface area contributed by atoms with E-state index in [0.717, 1.165) is 25.3 Å². The van der Waals surface area contributed by atoms with E-state index in [1.807, 2.05) is 20.8 Å². The Kier molecular flexibility index (Phi) is 12.0. The van der Waals surface area contributed by atoms with Gasteiger partial charge in [-0.15, -0.1) is 24.0 Å². The minimum atomic E-state index is -0.469. The predicted molar refractivity (Wildman–Crippen MR) is 118 cm³/mol. The van der Waals surface area contributed by atoms with E-state index in [4.69, 9.17) is 4.74 Å². The van der Waals surface area contributed by atoms with Gasteiger partial charge in [-0.2, -0.15) is 0 Å². The second-order valence-electron chi connectivity index (χ2n) is 6.76. The van der Waals surface area contributed by atoms with Crippen molar-refractivity contribution in [1.82, 2.24) is 16.0 Å². The minimum absolute atomic E-state index is 0. The van der Waals surface area contributed by atoms with E-state index in [0.29, 0.717) is 13.1 Å². The maximum Gasteiger partial charge on any atom is 0.407 e. The summed E-state index contributed by atoms with van der Waals surface area (Å²) in [5, 5.41) is 9.31. The highest BCUT2D eigenvalue weighted by molar-refractivity contribution is 14.0. The van der Waals surface area contributed by atoms with Gasteiger partial charge < -0.3 is 20.7 Å². The van der Waals surface area contributed by atoms with Gasteiger partial charge in [-0.3, -0.25) is 4.99 Å². The molecule has 1 rings (SSSR count). The van der Waals surface area contributed by atoms with Crippen LogP contribution < -0.4 is 16.0 Å². The number of amides is 1. The first-order chi connectivity index (χ1) is 11.9. The molecule has 26 heavy (non-hydrogen) atoms. The number of benzene rings is 1. The van der Waals surface area contributed by atoms with Gasteiger partial charge in [-0.1, -0.05) is 31.2 Å². The van der Waals surface area contributed by atoms with Gasteiger partial charge in [0.1, 0.15) is 5.60 Å². The van der Waals surface area contributed by atoms with Crippen LogP contribution in [0.2, 0.25) is 0 Å². The zero-order valence-electron chi connectivity index (χ0n) is 16.5. The fourth-order valence-corrected chi connectivity index (χ4v) is 2.27. The summed E-state index contributed by atoms with van der Waals surface area (Å²) in [7, 11) is 1.75. The number of guanidine groups is 1. The summed E-state index contributed by atoms with van der Waals surface area (Å²) in [5.41, 5.74) is 2.15. The van der Waals surface area contributed by atoms with Gasteiger partial charge in [0.2, 0.25) is 0 Å². The van der Waals surface area contributed by atoms with Crippen LogP contribution in [0.25, 0.3) is 0 Å². The topological polar surface area (TPSA) is 74.8 Å². The van der Waals surface area contributed by atoms with Crippen molar-refractivity contribution >= 4 is 36.0 Å². The number of hydrogen-bond acceptors (Lipinski definition) is 3. The average Bonchev–Trinajstić information content (AvgIpc) is 2.56. The van der Waals surface area contributed by atoms with Gasteiger partial charge in [-0.25, -0.2) is 4.79 Å². The normalized spacial score (nSPS) is 11.3. The van der Waals surface area contributed by atoms with Crippen molar-refractivity contribution in [2.45, 2.75) is 52.7 Å². The summed E-state index contributed by atoms with van der Waals surface area (Å²) < 4.78 is 5.19. The Balaban J connectivity index is 0.00000625. The molecule has 0 radical (unpaired) electrons. The second-order valence-corrected chi connectivity index (χ2v) is 6.76. The van der Waals surface area contributed by atoms with E-state index in [9.17, 15) is 4.79 Å². The SMILES string of the molecule is CCc1ccccc1CNC(=NC)NCCCNC(=O)OC(C)(C)C.I. The lowest BCUT2D eigenvalue weighted by atomic mass is 10.1. The molecule has 0 aliphatic rings. The number of ether oxygens (including phenoxy) is 1. The van der Waals surface area contributed by atoms with Crippen LogP contribution in [0.15, 0.2) is 29.3 Å². The van der Waals surface area contributed by atoms with Gasteiger partial charge in [0.05, 0.1) is 0 Å². The number of carbonyl (C=O) groups is 1. The quantitative estimate of drug-likeness (QED) is 0.244. The summed E-state index contributed by atoms with van der Waals surface area (Å²) in [6, 6.07) is 8.39. The van der Waals surface area contributed by atoms with Crippen molar-refractivity contribution in [3.63, 3.8) is 0 Å². The van der Waals surface area contributed by atoms with Crippen LogP contribution >= 0.6 is 24.0 Å². The van der Waals surface area contributed by atoms with Crippen LogP contribution in [-0.4, -0.2) is 37.8 Å². The third kappa shape index (κ3) is 10.5. The molecule has 3 N–H and O–H groups in total. The molecule has 0 atom stereocenters. The van der Waals surface area contributed by atoms with Crippen molar-refractivity contribution < 1.29 is 9.53 Å². The molecule has 0 aliphatic heterocycles. The third-order valence-corrected chi connectivity index (χ3v) is 3.48. The molecule has 148 valence electrons. The van der Waals surface area contributed by atoms with Crippen LogP contribution in [0, 0.1) is 0 Å². The van der Waals surface area contributed by atoms with Gasteiger partial charge in [-0.05, 0) is 44.7 Å². The Morgan fingerprint density at radius 3 is 2.27 bits per heavy atom. The Hall–Kier alpha value is -1.51. The van der Waals surface area contributed by atoms with Crippen molar-refractivity contribution in [2.24, 2.45) is 4.99 Å². The molecule has 6 nitrogen and oxygen atoms in total. The maximum absolute atomic E-state index is 11.5. The largest absolute Gasteiger partial charge is 0.444 e.